The van der Waals surface area contributed by atoms with Crippen LogP contribution in [0.3, 0.4) is 0 Å². The monoisotopic (exact) mass is 358 g/mol. The average Bonchev–Trinajstić information content (AvgIpc) is 2.78. The van der Waals surface area contributed by atoms with E-state index in [0.717, 1.165) is 4.47 Å². The highest BCUT2D eigenvalue weighted by Gasteiger charge is 2.34. The summed E-state index contributed by atoms with van der Waals surface area (Å²) in [4.78, 5) is 24.4. The first-order chi connectivity index (χ1) is 10.5. The lowest BCUT2D eigenvalue weighted by Gasteiger charge is -2.14. The van der Waals surface area contributed by atoms with Gasteiger partial charge in [-0.2, -0.15) is 0 Å². The van der Waals surface area contributed by atoms with Crippen LogP contribution in [-0.2, 0) is 9.59 Å². The van der Waals surface area contributed by atoms with E-state index in [1.54, 1.807) is 36.4 Å². The van der Waals surface area contributed by atoms with Crippen LogP contribution in [0.4, 0.5) is 5.69 Å². The van der Waals surface area contributed by atoms with E-state index in [2.05, 4.69) is 21.4 Å². The minimum absolute atomic E-state index is 0.0496. The predicted octanol–water partition coefficient (Wildman–Crippen LogP) is 2.62. The number of hydrogen-bond donors (Lipinski definition) is 2. The van der Waals surface area contributed by atoms with Crippen molar-refractivity contribution in [2.75, 3.05) is 5.01 Å². The summed E-state index contributed by atoms with van der Waals surface area (Å²) >= 11 is 3.32. The third-order valence-electron chi connectivity index (χ3n) is 3.18. The van der Waals surface area contributed by atoms with E-state index in [1.807, 2.05) is 0 Å². The number of anilines is 1. The summed E-state index contributed by atoms with van der Waals surface area (Å²) in [5.41, 5.74) is 3.82. The number of phenolic OH excluding ortho intramolecular Hbond substituents is 1. The molecule has 5 nitrogen and oxygen atoms in total. The number of carbonyl (C=O) groups excluding carboxylic acids is 2. The number of hydrazine groups is 1. The quantitative estimate of drug-likeness (QED) is 0.640. The molecule has 1 fully saturated rings. The molecule has 2 aromatic carbocycles. The summed E-state index contributed by atoms with van der Waals surface area (Å²) in [6, 6.07) is 13.3. The largest absolute Gasteiger partial charge is 0.508 e. The van der Waals surface area contributed by atoms with Crippen molar-refractivity contribution in [1.29, 1.82) is 0 Å². The highest BCUT2D eigenvalue weighted by atomic mass is 79.9. The molecule has 1 saturated heterocycles. The summed E-state index contributed by atoms with van der Waals surface area (Å²) < 4.78 is 0.883. The van der Waals surface area contributed by atoms with Crippen molar-refractivity contribution in [3.8, 4) is 5.75 Å². The Morgan fingerprint density at radius 3 is 2.27 bits per heavy atom. The number of aromatic hydroxyl groups is 1. The van der Waals surface area contributed by atoms with Gasteiger partial charge in [-0.3, -0.25) is 15.0 Å². The van der Waals surface area contributed by atoms with Gasteiger partial charge in [0.2, 0.25) is 0 Å². The molecular weight excluding hydrogens is 348 g/mol. The molecule has 1 aliphatic heterocycles. The Kier molecular flexibility index (Phi) is 3.68. The standard InChI is InChI=1S/C16H11BrN2O3/c17-11-3-5-12(6-4-11)19-16(22)14(15(21)18-19)9-10-1-7-13(20)8-2-10/h1-9,20H,(H,18,21). The number of rotatable bonds is 2. The molecule has 2 aromatic rings. The Labute approximate surface area is 135 Å². The van der Waals surface area contributed by atoms with Crippen LogP contribution in [0.25, 0.3) is 6.08 Å². The van der Waals surface area contributed by atoms with Crippen molar-refractivity contribution in [2.45, 2.75) is 0 Å². The molecule has 6 heteroatoms. The second-order valence-corrected chi connectivity index (χ2v) is 5.62. The Morgan fingerprint density at radius 1 is 1.00 bits per heavy atom. The van der Waals surface area contributed by atoms with E-state index >= 15 is 0 Å². The van der Waals surface area contributed by atoms with Crippen molar-refractivity contribution >= 4 is 39.5 Å². The number of amides is 2. The van der Waals surface area contributed by atoms with Crippen LogP contribution in [0.5, 0.6) is 5.75 Å². The Morgan fingerprint density at radius 2 is 1.64 bits per heavy atom. The van der Waals surface area contributed by atoms with Crippen molar-refractivity contribution < 1.29 is 14.7 Å². The molecule has 22 heavy (non-hydrogen) atoms. The van der Waals surface area contributed by atoms with Gasteiger partial charge in [0.25, 0.3) is 11.8 Å². The average molecular weight is 359 g/mol. The molecule has 0 spiro atoms. The second-order valence-electron chi connectivity index (χ2n) is 4.71. The van der Waals surface area contributed by atoms with Crippen molar-refractivity contribution in [1.82, 2.24) is 5.43 Å². The van der Waals surface area contributed by atoms with Crippen molar-refractivity contribution in [3.05, 3.63) is 64.1 Å². The maximum absolute atomic E-state index is 12.4. The molecule has 1 aliphatic rings. The topological polar surface area (TPSA) is 69.6 Å². The number of benzene rings is 2. The number of phenols is 1. The molecule has 3 rings (SSSR count). The normalized spacial score (nSPS) is 16.2. The smallest absolute Gasteiger partial charge is 0.282 e. The molecule has 0 radical (unpaired) electrons. The first-order valence-electron chi connectivity index (χ1n) is 6.46. The predicted molar refractivity (Wildman–Crippen MR) is 85.9 cm³/mol. The van der Waals surface area contributed by atoms with Gasteiger partial charge < -0.3 is 5.11 Å². The lowest BCUT2D eigenvalue weighted by molar-refractivity contribution is -0.117. The highest BCUT2D eigenvalue weighted by molar-refractivity contribution is 9.10. The fraction of sp³-hybridized carbons (Fsp3) is 0. The number of hydrogen-bond acceptors (Lipinski definition) is 3. The number of nitrogens with one attached hydrogen (secondary N) is 1. The van der Waals surface area contributed by atoms with Gasteiger partial charge in [-0.1, -0.05) is 28.1 Å². The van der Waals surface area contributed by atoms with Gasteiger partial charge in [0, 0.05) is 4.47 Å². The second kappa shape index (κ2) is 5.65. The minimum atomic E-state index is -0.457. The summed E-state index contributed by atoms with van der Waals surface area (Å²) in [6.07, 6.45) is 1.50. The Hall–Kier alpha value is -2.60. The lowest BCUT2D eigenvalue weighted by Crippen LogP contribution is -2.35. The first-order valence-corrected chi connectivity index (χ1v) is 7.25. The maximum atomic E-state index is 12.4. The van der Waals surface area contributed by atoms with Gasteiger partial charge >= 0.3 is 0 Å². The van der Waals surface area contributed by atoms with E-state index in [1.165, 1.54) is 23.2 Å². The molecule has 0 saturated carbocycles. The third kappa shape index (κ3) is 2.73. The molecule has 0 unspecified atom stereocenters. The van der Waals surface area contributed by atoms with Crippen LogP contribution in [0.15, 0.2) is 58.6 Å². The summed E-state index contributed by atoms with van der Waals surface area (Å²) in [5, 5.41) is 10.5. The zero-order valence-corrected chi connectivity index (χ0v) is 12.9. The van der Waals surface area contributed by atoms with Crippen LogP contribution < -0.4 is 10.4 Å². The minimum Gasteiger partial charge on any atom is -0.508 e. The van der Waals surface area contributed by atoms with Crippen LogP contribution in [0.2, 0.25) is 0 Å². The lowest BCUT2D eigenvalue weighted by atomic mass is 10.1. The summed E-state index contributed by atoms with van der Waals surface area (Å²) in [6.45, 7) is 0. The zero-order valence-electron chi connectivity index (χ0n) is 11.3. The molecule has 0 bridgehead atoms. The van der Waals surface area contributed by atoms with E-state index < -0.39 is 11.8 Å². The zero-order chi connectivity index (χ0) is 15.7. The van der Waals surface area contributed by atoms with Gasteiger partial charge in [-0.25, -0.2) is 5.01 Å². The number of nitrogens with zero attached hydrogens (tertiary/aromatic N) is 1. The number of halogens is 1. The van der Waals surface area contributed by atoms with Gasteiger partial charge in [-0.05, 0) is 48.0 Å². The van der Waals surface area contributed by atoms with Crippen molar-refractivity contribution in [3.63, 3.8) is 0 Å². The molecule has 0 atom stereocenters. The highest BCUT2D eigenvalue weighted by Crippen LogP contribution is 2.23. The van der Waals surface area contributed by atoms with Gasteiger partial charge in [-0.15, -0.1) is 0 Å². The van der Waals surface area contributed by atoms with Crippen LogP contribution in [0, 0.1) is 0 Å². The molecule has 110 valence electrons. The van der Waals surface area contributed by atoms with Gasteiger partial charge in [0.1, 0.15) is 11.3 Å². The number of carbonyl (C=O) groups is 2. The third-order valence-corrected chi connectivity index (χ3v) is 3.71. The van der Waals surface area contributed by atoms with E-state index in [-0.39, 0.29) is 11.3 Å². The van der Waals surface area contributed by atoms with E-state index in [0.29, 0.717) is 11.3 Å². The van der Waals surface area contributed by atoms with Crippen LogP contribution in [-0.4, -0.2) is 16.9 Å². The molecular formula is C16H11BrN2O3. The fourth-order valence-corrected chi connectivity index (χ4v) is 2.33. The summed E-state index contributed by atoms with van der Waals surface area (Å²) in [5.74, 6) is -0.748. The molecule has 1 heterocycles. The Balaban J connectivity index is 1.91. The van der Waals surface area contributed by atoms with Gasteiger partial charge in [0.15, 0.2) is 0 Å². The molecule has 2 amide bonds. The first kappa shape index (κ1) is 14.3. The van der Waals surface area contributed by atoms with E-state index in [4.69, 9.17) is 0 Å². The van der Waals surface area contributed by atoms with Crippen LogP contribution >= 0.6 is 15.9 Å². The van der Waals surface area contributed by atoms with Crippen molar-refractivity contribution in [2.24, 2.45) is 0 Å². The summed E-state index contributed by atoms with van der Waals surface area (Å²) in [7, 11) is 0. The SMILES string of the molecule is O=C1NN(c2ccc(Br)cc2)C(=O)C1=Cc1ccc(O)cc1. The molecule has 2 N–H and O–H groups in total. The maximum Gasteiger partial charge on any atom is 0.282 e. The molecule has 0 aromatic heterocycles. The van der Waals surface area contributed by atoms with Gasteiger partial charge in [0.05, 0.1) is 5.69 Å². The molecule has 0 aliphatic carbocycles. The fourth-order valence-electron chi connectivity index (χ4n) is 2.07. The van der Waals surface area contributed by atoms with E-state index in [9.17, 15) is 14.7 Å². The van der Waals surface area contributed by atoms with Crippen LogP contribution in [0.1, 0.15) is 5.56 Å². The Bertz CT molecular complexity index is 767.